The highest BCUT2D eigenvalue weighted by Crippen LogP contribution is 2.28. The van der Waals surface area contributed by atoms with Crippen molar-refractivity contribution in [2.75, 3.05) is 20.2 Å². The average Bonchev–Trinajstić information content (AvgIpc) is 3.21. The molecule has 1 saturated heterocycles. The zero-order valence-electron chi connectivity index (χ0n) is 16.7. The molecule has 1 aromatic carbocycles. The molecule has 8 heteroatoms. The van der Waals surface area contributed by atoms with Gasteiger partial charge in [0.1, 0.15) is 10.8 Å². The molecule has 3 heterocycles. The molecule has 1 amide bonds. The summed E-state index contributed by atoms with van der Waals surface area (Å²) in [6.07, 6.45) is 4.18. The molecule has 1 unspecified atom stereocenters. The molecule has 1 atom stereocenters. The Morgan fingerprint density at radius 2 is 2.00 bits per heavy atom. The van der Waals surface area contributed by atoms with Gasteiger partial charge >= 0.3 is 0 Å². The standard InChI is InChI=1S/C21H25N5O2S/c1-3-17(21(27)25-12-5-4-6-13-25)29-19-11-10-18-22-23-20(26(18)24-19)15-8-7-9-16(14-15)28-2/h7-11,14,17H,3-6,12-13H2,1-2H3. The van der Waals surface area contributed by atoms with Crippen molar-refractivity contribution in [1.29, 1.82) is 0 Å². The number of rotatable bonds is 6. The molecule has 29 heavy (non-hydrogen) atoms. The molecule has 1 aliphatic rings. The van der Waals surface area contributed by atoms with Crippen LogP contribution in [0.15, 0.2) is 41.4 Å². The zero-order chi connectivity index (χ0) is 20.2. The van der Waals surface area contributed by atoms with E-state index >= 15 is 0 Å². The number of piperidine rings is 1. The average molecular weight is 412 g/mol. The largest absolute Gasteiger partial charge is 0.497 e. The highest BCUT2D eigenvalue weighted by Gasteiger charge is 2.26. The molecule has 7 nitrogen and oxygen atoms in total. The SMILES string of the molecule is CCC(Sc1ccc2nnc(-c3cccc(OC)c3)n2n1)C(=O)N1CCCCC1. The van der Waals surface area contributed by atoms with Crippen LogP contribution >= 0.6 is 11.8 Å². The van der Waals surface area contributed by atoms with Crippen molar-refractivity contribution in [3.8, 4) is 17.1 Å². The van der Waals surface area contributed by atoms with Crippen LogP contribution in [0.25, 0.3) is 17.0 Å². The molecule has 152 valence electrons. The van der Waals surface area contributed by atoms with E-state index in [9.17, 15) is 4.79 Å². The maximum absolute atomic E-state index is 12.9. The minimum Gasteiger partial charge on any atom is -0.497 e. The van der Waals surface area contributed by atoms with Crippen LogP contribution in [-0.4, -0.2) is 56.1 Å². The second-order valence-corrected chi connectivity index (χ2v) is 8.32. The number of methoxy groups -OCH3 is 1. The first kappa shape index (κ1) is 19.7. The van der Waals surface area contributed by atoms with Gasteiger partial charge < -0.3 is 9.64 Å². The Balaban J connectivity index is 1.60. The quantitative estimate of drug-likeness (QED) is 0.576. The normalized spacial score (nSPS) is 15.4. The van der Waals surface area contributed by atoms with Crippen LogP contribution in [0.2, 0.25) is 0 Å². The van der Waals surface area contributed by atoms with Gasteiger partial charge in [-0.2, -0.15) is 9.61 Å². The molecular formula is C21H25N5O2S. The molecule has 0 aliphatic carbocycles. The van der Waals surface area contributed by atoms with Gasteiger partial charge in [0.25, 0.3) is 0 Å². The number of fused-ring (bicyclic) bond motifs is 1. The number of carbonyl (C=O) groups is 1. The monoisotopic (exact) mass is 411 g/mol. The fraction of sp³-hybridized carbons (Fsp3) is 0.429. The topological polar surface area (TPSA) is 72.6 Å². The van der Waals surface area contributed by atoms with E-state index in [1.165, 1.54) is 18.2 Å². The van der Waals surface area contributed by atoms with Crippen LogP contribution in [-0.2, 0) is 4.79 Å². The molecule has 0 N–H and O–H groups in total. The summed E-state index contributed by atoms with van der Waals surface area (Å²) in [5, 5.41) is 13.9. The van der Waals surface area contributed by atoms with Gasteiger partial charge in [0, 0.05) is 18.7 Å². The predicted molar refractivity (Wildman–Crippen MR) is 113 cm³/mol. The van der Waals surface area contributed by atoms with E-state index in [0.717, 1.165) is 48.7 Å². The number of benzene rings is 1. The Kier molecular flexibility index (Phi) is 5.99. The van der Waals surface area contributed by atoms with Crippen molar-refractivity contribution in [3.05, 3.63) is 36.4 Å². The van der Waals surface area contributed by atoms with Crippen molar-refractivity contribution in [3.63, 3.8) is 0 Å². The predicted octanol–water partition coefficient (Wildman–Crippen LogP) is 3.68. The number of hydrogen-bond acceptors (Lipinski definition) is 6. The molecule has 3 aromatic rings. The Morgan fingerprint density at radius 3 is 2.76 bits per heavy atom. The van der Waals surface area contributed by atoms with Crippen LogP contribution in [0.3, 0.4) is 0 Å². The van der Waals surface area contributed by atoms with Crippen LogP contribution in [0.4, 0.5) is 0 Å². The summed E-state index contributed by atoms with van der Waals surface area (Å²) in [4.78, 5) is 14.9. The second kappa shape index (κ2) is 8.82. The van der Waals surface area contributed by atoms with Gasteiger partial charge in [-0.1, -0.05) is 30.8 Å². The number of likely N-dealkylation sites (tertiary alicyclic amines) is 1. The first-order valence-corrected chi connectivity index (χ1v) is 10.9. The molecule has 1 fully saturated rings. The maximum Gasteiger partial charge on any atom is 0.236 e. The highest BCUT2D eigenvalue weighted by molar-refractivity contribution is 8.00. The van der Waals surface area contributed by atoms with Gasteiger partial charge in [0.05, 0.1) is 12.4 Å². The lowest BCUT2D eigenvalue weighted by atomic mass is 10.1. The molecule has 0 bridgehead atoms. The first-order valence-electron chi connectivity index (χ1n) is 10.0. The molecule has 4 rings (SSSR count). The van der Waals surface area contributed by atoms with Crippen molar-refractivity contribution in [2.45, 2.75) is 42.9 Å². The first-order chi connectivity index (χ1) is 14.2. The van der Waals surface area contributed by atoms with Gasteiger partial charge in [-0.15, -0.1) is 10.2 Å². The van der Waals surface area contributed by atoms with E-state index < -0.39 is 0 Å². The van der Waals surface area contributed by atoms with E-state index in [1.54, 1.807) is 11.6 Å². The Labute approximate surface area is 174 Å². The fourth-order valence-electron chi connectivity index (χ4n) is 3.55. The summed E-state index contributed by atoms with van der Waals surface area (Å²) in [5.41, 5.74) is 1.55. The summed E-state index contributed by atoms with van der Waals surface area (Å²) in [6.45, 7) is 3.79. The van der Waals surface area contributed by atoms with Crippen molar-refractivity contribution < 1.29 is 9.53 Å². The lowest BCUT2D eigenvalue weighted by Crippen LogP contribution is -2.40. The van der Waals surface area contributed by atoms with E-state index in [4.69, 9.17) is 9.84 Å². The third-order valence-electron chi connectivity index (χ3n) is 5.14. The number of ether oxygens (including phenoxy) is 1. The third-order valence-corrected chi connectivity index (χ3v) is 6.42. The van der Waals surface area contributed by atoms with Gasteiger partial charge in [-0.25, -0.2) is 0 Å². The Morgan fingerprint density at radius 1 is 1.17 bits per heavy atom. The van der Waals surface area contributed by atoms with Crippen LogP contribution in [0.1, 0.15) is 32.6 Å². The molecule has 2 aromatic heterocycles. The fourth-order valence-corrected chi connectivity index (χ4v) is 4.53. The summed E-state index contributed by atoms with van der Waals surface area (Å²) >= 11 is 1.52. The molecule has 0 saturated carbocycles. The lowest BCUT2D eigenvalue weighted by Gasteiger charge is -2.29. The van der Waals surface area contributed by atoms with Gasteiger partial charge in [0.2, 0.25) is 5.91 Å². The molecular weight excluding hydrogens is 386 g/mol. The van der Waals surface area contributed by atoms with Crippen molar-refractivity contribution in [2.24, 2.45) is 0 Å². The third kappa shape index (κ3) is 4.22. The lowest BCUT2D eigenvalue weighted by molar-refractivity contribution is -0.131. The summed E-state index contributed by atoms with van der Waals surface area (Å²) in [7, 11) is 1.64. The Bertz CT molecular complexity index is 1000. The van der Waals surface area contributed by atoms with Gasteiger partial charge in [-0.3, -0.25) is 4.79 Å². The van der Waals surface area contributed by atoms with Gasteiger partial charge in [0.15, 0.2) is 11.5 Å². The molecule has 0 spiro atoms. The minimum absolute atomic E-state index is 0.130. The number of carbonyl (C=O) groups excluding carboxylic acids is 1. The van der Waals surface area contributed by atoms with E-state index in [2.05, 4.69) is 17.1 Å². The summed E-state index contributed by atoms with van der Waals surface area (Å²) in [5.74, 6) is 1.62. The van der Waals surface area contributed by atoms with E-state index in [0.29, 0.717) is 11.5 Å². The molecule has 1 aliphatic heterocycles. The second-order valence-electron chi connectivity index (χ2n) is 7.10. The minimum atomic E-state index is -0.130. The maximum atomic E-state index is 12.9. The number of aromatic nitrogens is 4. The smallest absolute Gasteiger partial charge is 0.236 e. The van der Waals surface area contributed by atoms with Gasteiger partial charge in [-0.05, 0) is 49.9 Å². The molecule has 0 radical (unpaired) electrons. The Hall–Kier alpha value is -2.61. The van der Waals surface area contributed by atoms with E-state index in [-0.39, 0.29) is 11.2 Å². The summed E-state index contributed by atoms with van der Waals surface area (Å²) in [6, 6.07) is 11.5. The van der Waals surface area contributed by atoms with E-state index in [1.807, 2.05) is 41.3 Å². The summed E-state index contributed by atoms with van der Waals surface area (Å²) < 4.78 is 7.05. The number of nitrogens with zero attached hydrogens (tertiary/aromatic N) is 5. The van der Waals surface area contributed by atoms with Crippen LogP contribution in [0, 0.1) is 0 Å². The number of amides is 1. The highest BCUT2D eigenvalue weighted by atomic mass is 32.2. The number of thioether (sulfide) groups is 1. The van der Waals surface area contributed by atoms with Crippen molar-refractivity contribution in [1.82, 2.24) is 24.7 Å². The number of hydrogen-bond donors (Lipinski definition) is 0. The van der Waals surface area contributed by atoms with Crippen molar-refractivity contribution >= 4 is 23.3 Å². The van der Waals surface area contributed by atoms with Crippen LogP contribution < -0.4 is 4.74 Å². The zero-order valence-corrected chi connectivity index (χ0v) is 17.6. The van der Waals surface area contributed by atoms with Crippen LogP contribution in [0.5, 0.6) is 5.75 Å².